The van der Waals surface area contributed by atoms with Crippen LogP contribution in [0.2, 0.25) is 0 Å². The molecule has 0 radical (unpaired) electrons. The van der Waals surface area contributed by atoms with Crippen molar-refractivity contribution >= 4 is 50.6 Å². The minimum atomic E-state index is -3.19. The van der Waals surface area contributed by atoms with Gasteiger partial charge < -0.3 is 16.4 Å². The highest BCUT2D eigenvalue weighted by atomic mass is 35.5. The molecule has 26 heavy (non-hydrogen) atoms. The van der Waals surface area contributed by atoms with Gasteiger partial charge in [-0.25, -0.2) is 13.2 Å². The second-order valence-corrected chi connectivity index (χ2v) is 9.85. The van der Waals surface area contributed by atoms with Gasteiger partial charge in [0, 0.05) is 21.2 Å². The molecule has 1 aliphatic rings. The fraction of sp³-hybridized carbons (Fsp3) is 0.235. The van der Waals surface area contributed by atoms with Gasteiger partial charge >= 0.3 is 6.03 Å². The molecule has 4 N–H and O–H groups in total. The molecule has 2 aromatic carbocycles. The monoisotopic (exact) mass is 411 g/mol. The van der Waals surface area contributed by atoms with E-state index in [0.29, 0.717) is 11.4 Å². The number of sulfone groups is 1. The number of nitrogens with two attached hydrogens (primary N) is 1. The summed E-state index contributed by atoms with van der Waals surface area (Å²) >= 11 is 7.57. The van der Waals surface area contributed by atoms with E-state index in [-0.39, 0.29) is 11.5 Å². The van der Waals surface area contributed by atoms with E-state index in [1.807, 2.05) is 36.4 Å². The Bertz CT molecular complexity index is 886. The van der Waals surface area contributed by atoms with E-state index in [9.17, 15) is 13.2 Å². The van der Waals surface area contributed by atoms with Crippen molar-refractivity contribution < 1.29 is 13.2 Å². The van der Waals surface area contributed by atoms with Crippen LogP contribution >= 0.6 is 23.4 Å². The number of benzene rings is 2. The van der Waals surface area contributed by atoms with Crippen LogP contribution in [0.4, 0.5) is 16.2 Å². The second kappa shape index (κ2) is 7.77. The Kier molecular flexibility index (Phi) is 5.64. The van der Waals surface area contributed by atoms with Gasteiger partial charge in [0.15, 0.2) is 9.84 Å². The van der Waals surface area contributed by atoms with Gasteiger partial charge in [0.25, 0.3) is 0 Å². The Labute approximate surface area is 161 Å². The summed E-state index contributed by atoms with van der Waals surface area (Å²) in [5, 5.41) is 4.69. The highest BCUT2D eigenvalue weighted by Gasteiger charge is 2.37. The third kappa shape index (κ3) is 5.06. The summed E-state index contributed by atoms with van der Waals surface area (Å²) in [7, 11) is -3.19. The molecule has 1 fully saturated rings. The molecule has 2 atom stereocenters. The second-order valence-electron chi connectivity index (χ2n) is 5.99. The van der Waals surface area contributed by atoms with Crippen LogP contribution in [-0.4, -0.2) is 37.4 Å². The third-order valence-corrected chi connectivity index (χ3v) is 7.22. The SMILES string of the molecule is Nc1ccc(Sc2ccc(NC(=O)NC3CS(=O)(=O)CC3Cl)cc2)cc1. The van der Waals surface area contributed by atoms with Crippen molar-refractivity contribution in [3.05, 3.63) is 48.5 Å². The van der Waals surface area contributed by atoms with Crippen molar-refractivity contribution in [1.29, 1.82) is 0 Å². The van der Waals surface area contributed by atoms with Crippen LogP contribution < -0.4 is 16.4 Å². The van der Waals surface area contributed by atoms with Gasteiger partial charge in [0.1, 0.15) is 0 Å². The summed E-state index contributed by atoms with van der Waals surface area (Å²) in [5.41, 5.74) is 7.00. The van der Waals surface area contributed by atoms with Crippen LogP contribution in [0, 0.1) is 0 Å². The normalized spacial score (nSPS) is 21.3. The molecule has 9 heteroatoms. The molecule has 0 saturated carbocycles. The van der Waals surface area contributed by atoms with Crippen LogP contribution in [0.3, 0.4) is 0 Å². The molecule has 6 nitrogen and oxygen atoms in total. The maximum absolute atomic E-state index is 12.0. The van der Waals surface area contributed by atoms with Crippen LogP contribution in [0.15, 0.2) is 58.3 Å². The Hall–Kier alpha value is -1.90. The zero-order chi connectivity index (χ0) is 18.7. The first-order valence-electron chi connectivity index (χ1n) is 7.86. The van der Waals surface area contributed by atoms with Gasteiger partial charge in [-0.2, -0.15) is 0 Å². The topological polar surface area (TPSA) is 101 Å². The van der Waals surface area contributed by atoms with Crippen LogP contribution in [0.5, 0.6) is 0 Å². The minimum absolute atomic E-state index is 0.115. The number of alkyl halides is 1. The van der Waals surface area contributed by atoms with Gasteiger partial charge in [-0.05, 0) is 48.5 Å². The van der Waals surface area contributed by atoms with Gasteiger partial charge in [-0.1, -0.05) is 11.8 Å². The van der Waals surface area contributed by atoms with Crippen molar-refractivity contribution in [1.82, 2.24) is 5.32 Å². The van der Waals surface area contributed by atoms with E-state index in [1.54, 1.807) is 23.9 Å². The zero-order valence-electron chi connectivity index (χ0n) is 13.7. The van der Waals surface area contributed by atoms with Crippen molar-refractivity contribution in [3.8, 4) is 0 Å². The number of carbonyl (C=O) groups is 1. The van der Waals surface area contributed by atoms with E-state index in [2.05, 4.69) is 10.6 Å². The Morgan fingerprint density at radius 2 is 1.62 bits per heavy atom. The summed E-state index contributed by atoms with van der Waals surface area (Å²) < 4.78 is 23.1. The first-order valence-corrected chi connectivity index (χ1v) is 10.9. The van der Waals surface area contributed by atoms with Gasteiger partial charge in [-0.15, -0.1) is 11.6 Å². The maximum Gasteiger partial charge on any atom is 0.319 e. The van der Waals surface area contributed by atoms with Crippen LogP contribution in [0.1, 0.15) is 0 Å². The third-order valence-electron chi connectivity index (χ3n) is 3.83. The zero-order valence-corrected chi connectivity index (χ0v) is 16.1. The lowest BCUT2D eigenvalue weighted by atomic mass is 10.2. The number of carbonyl (C=O) groups excluding carboxylic acids is 1. The lowest BCUT2D eigenvalue weighted by molar-refractivity contribution is 0.249. The van der Waals surface area contributed by atoms with Crippen molar-refractivity contribution in [2.45, 2.75) is 21.2 Å². The van der Waals surface area contributed by atoms with Crippen LogP contribution in [0.25, 0.3) is 0 Å². The quantitative estimate of drug-likeness (QED) is 0.530. The molecule has 2 aromatic rings. The number of nitrogens with one attached hydrogen (secondary N) is 2. The van der Waals surface area contributed by atoms with E-state index in [1.165, 1.54) is 0 Å². The fourth-order valence-electron chi connectivity index (χ4n) is 2.55. The lowest BCUT2D eigenvalue weighted by Gasteiger charge is -2.15. The number of urea groups is 1. The van der Waals surface area contributed by atoms with Crippen molar-refractivity contribution in [3.63, 3.8) is 0 Å². The molecule has 0 spiro atoms. The van der Waals surface area contributed by atoms with E-state index >= 15 is 0 Å². The van der Waals surface area contributed by atoms with Crippen molar-refractivity contribution in [2.75, 3.05) is 22.6 Å². The summed E-state index contributed by atoms with van der Waals surface area (Å²) in [5.74, 6) is -0.248. The highest BCUT2D eigenvalue weighted by molar-refractivity contribution is 7.99. The Morgan fingerprint density at radius 1 is 1.04 bits per heavy atom. The number of anilines is 2. The summed E-state index contributed by atoms with van der Waals surface area (Å²) in [6.45, 7) is 0. The summed E-state index contributed by atoms with van der Waals surface area (Å²) in [6.07, 6.45) is 0. The van der Waals surface area contributed by atoms with Gasteiger partial charge in [0.2, 0.25) is 0 Å². The molecule has 2 unspecified atom stereocenters. The molecule has 0 aliphatic carbocycles. The van der Waals surface area contributed by atoms with E-state index in [4.69, 9.17) is 17.3 Å². The first-order chi connectivity index (χ1) is 12.3. The van der Waals surface area contributed by atoms with Gasteiger partial charge in [-0.3, -0.25) is 0 Å². The van der Waals surface area contributed by atoms with E-state index < -0.39 is 27.3 Å². The Morgan fingerprint density at radius 3 is 2.15 bits per heavy atom. The number of rotatable bonds is 4. The summed E-state index contributed by atoms with van der Waals surface area (Å²) in [6, 6.07) is 13.9. The van der Waals surface area contributed by atoms with Gasteiger partial charge in [0.05, 0.1) is 22.9 Å². The maximum atomic E-state index is 12.0. The largest absolute Gasteiger partial charge is 0.399 e. The summed E-state index contributed by atoms with van der Waals surface area (Å²) in [4.78, 5) is 14.1. The molecule has 1 saturated heterocycles. The number of amides is 2. The molecule has 0 bridgehead atoms. The minimum Gasteiger partial charge on any atom is -0.399 e. The number of nitrogen functional groups attached to an aromatic ring is 1. The number of hydrogen-bond acceptors (Lipinski definition) is 5. The molecular weight excluding hydrogens is 394 g/mol. The van der Waals surface area contributed by atoms with Crippen LogP contribution in [-0.2, 0) is 9.84 Å². The molecule has 3 rings (SSSR count). The molecule has 0 aromatic heterocycles. The Balaban J connectivity index is 1.55. The highest BCUT2D eigenvalue weighted by Crippen LogP contribution is 2.29. The molecule has 1 aliphatic heterocycles. The molecule has 2 amide bonds. The number of hydrogen-bond donors (Lipinski definition) is 3. The predicted molar refractivity (Wildman–Crippen MR) is 106 cm³/mol. The fourth-order valence-corrected chi connectivity index (χ4v) is 5.92. The standard InChI is InChI=1S/C17H18ClN3O3S2/c18-15-9-26(23,24)10-16(15)21-17(22)20-12-3-7-14(8-4-12)25-13-5-1-11(19)2-6-13/h1-8,15-16H,9-10,19H2,(H2,20,21,22). The van der Waals surface area contributed by atoms with Crippen molar-refractivity contribution in [2.24, 2.45) is 0 Å². The smallest absolute Gasteiger partial charge is 0.319 e. The molecule has 1 heterocycles. The number of halogens is 1. The molecular formula is C17H18ClN3O3S2. The van der Waals surface area contributed by atoms with E-state index in [0.717, 1.165) is 9.79 Å². The first kappa shape index (κ1) is 18.9. The predicted octanol–water partition coefficient (Wildman–Crippen LogP) is 2.95. The molecule has 138 valence electrons. The average Bonchev–Trinajstić information content (AvgIpc) is 2.83. The lowest BCUT2D eigenvalue weighted by Crippen LogP contribution is -2.42. The average molecular weight is 412 g/mol.